The van der Waals surface area contributed by atoms with E-state index in [0.717, 1.165) is 56.6 Å². The highest BCUT2D eigenvalue weighted by atomic mass is 33.1. The van der Waals surface area contributed by atoms with Crippen LogP contribution in [0.2, 0.25) is 0 Å². The fraction of sp³-hybridized carbons (Fsp3) is 0.846. The first-order valence-electron chi connectivity index (χ1n) is 13.0. The van der Waals surface area contributed by atoms with Gasteiger partial charge in [-0.05, 0) is 85.5 Å². The number of nitrogens with one attached hydrogen (secondary N) is 1. The number of carbonyl (C=O) groups is 1. The van der Waals surface area contributed by atoms with Crippen molar-refractivity contribution in [3.05, 3.63) is 11.1 Å². The van der Waals surface area contributed by atoms with Crippen LogP contribution in [-0.2, 0) is 4.79 Å². The van der Waals surface area contributed by atoms with Gasteiger partial charge in [-0.15, -0.1) is 0 Å². The summed E-state index contributed by atoms with van der Waals surface area (Å²) in [4.78, 5) is 18.1. The number of fused-ring (bicyclic) bond motifs is 1. The van der Waals surface area contributed by atoms with Crippen LogP contribution >= 0.6 is 21.6 Å². The Balaban J connectivity index is 1.42. The minimum atomic E-state index is -0.0244. The number of Topliss-reactive ketones (excluding diaryl/α,β-unsaturated/α-hetero) is 1. The second-order valence-corrected chi connectivity index (χ2v) is 14.8. The molecule has 4 aliphatic carbocycles. The van der Waals surface area contributed by atoms with E-state index in [4.69, 9.17) is 5.73 Å². The number of hydrogen-bond donors (Lipinski definition) is 3. The van der Waals surface area contributed by atoms with E-state index in [9.17, 15) is 9.90 Å². The molecule has 7 heteroatoms. The Morgan fingerprint density at radius 2 is 2.09 bits per heavy atom. The van der Waals surface area contributed by atoms with Crippen LogP contribution < -0.4 is 11.1 Å². The van der Waals surface area contributed by atoms with E-state index in [0.29, 0.717) is 35.9 Å². The van der Waals surface area contributed by atoms with Crippen molar-refractivity contribution in [2.24, 2.45) is 44.7 Å². The molecular weight excluding hydrogens is 450 g/mol. The van der Waals surface area contributed by atoms with Gasteiger partial charge in [0.1, 0.15) is 0 Å². The summed E-state index contributed by atoms with van der Waals surface area (Å²) in [5.41, 5.74) is 9.03. The predicted molar refractivity (Wildman–Crippen MR) is 137 cm³/mol. The summed E-state index contributed by atoms with van der Waals surface area (Å²) in [7, 11) is 4.01. The number of allylic oxidation sites excluding steroid dienone is 2. The van der Waals surface area contributed by atoms with Gasteiger partial charge in [0, 0.05) is 36.5 Å². The number of hydrogen-bond acceptors (Lipinski definition) is 7. The highest BCUT2D eigenvalue weighted by molar-refractivity contribution is 8.76. The molecule has 6 aliphatic rings. The van der Waals surface area contributed by atoms with Crippen LogP contribution in [0.4, 0.5) is 0 Å². The first-order valence-corrected chi connectivity index (χ1v) is 15.5. The minimum absolute atomic E-state index is 0.00633. The van der Waals surface area contributed by atoms with Gasteiger partial charge in [-0.2, -0.15) is 0 Å². The fourth-order valence-corrected chi connectivity index (χ4v) is 12.4. The molecule has 6 bridgehead atoms. The average molecular weight is 490 g/mol. The molecule has 5 nitrogen and oxygen atoms in total. The number of ketones is 1. The lowest BCUT2D eigenvalue weighted by molar-refractivity contribution is -0.152. The second kappa shape index (κ2) is 7.67. The van der Waals surface area contributed by atoms with Crippen molar-refractivity contribution >= 4 is 33.3 Å². The monoisotopic (exact) mass is 489 g/mol. The number of nitrogens with zero attached hydrogens (tertiary/aromatic N) is 1. The van der Waals surface area contributed by atoms with Gasteiger partial charge in [-0.25, -0.2) is 0 Å². The molecule has 2 aliphatic heterocycles. The zero-order valence-corrected chi connectivity index (χ0v) is 21.8. The van der Waals surface area contributed by atoms with Gasteiger partial charge in [0.15, 0.2) is 11.7 Å². The smallest absolute Gasteiger partial charge is 0.189 e. The van der Waals surface area contributed by atoms with E-state index in [2.05, 4.69) is 24.2 Å². The molecule has 0 aromatic rings. The summed E-state index contributed by atoms with van der Waals surface area (Å²) in [6.07, 6.45) is 9.31. The maximum Gasteiger partial charge on any atom is 0.189 e. The van der Waals surface area contributed by atoms with E-state index in [1.807, 2.05) is 21.6 Å². The first kappa shape index (κ1) is 22.8. The Morgan fingerprint density at radius 3 is 2.88 bits per heavy atom. The molecule has 0 amide bonds. The number of aliphatic hydroxyl groups is 1. The normalized spacial score (nSPS) is 49.4. The quantitative estimate of drug-likeness (QED) is 0.476. The van der Waals surface area contributed by atoms with Crippen molar-refractivity contribution in [3.63, 3.8) is 0 Å². The van der Waals surface area contributed by atoms with Crippen LogP contribution in [-0.4, -0.2) is 47.0 Å². The van der Waals surface area contributed by atoms with E-state index < -0.39 is 0 Å². The molecule has 182 valence electrons. The molecule has 4 N–H and O–H groups in total. The van der Waals surface area contributed by atoms with Gasteiger partial charge >= 0.3 is 0 Å². The molecule has 33 heavy (non-hydrogen) atoms. The van der Waals surface area contributed by atoms with E-state index in [-0.39, 0.29) is 28.4 Å². The topological polar surface area (TPSA) is 87.7 Å². The van der Waals surface area contributed by atoms with Crippen molar-refractivity contribution in [3.8, 4) is 0 Å². The Bertz CT molecular complexity index is 936. The molecule has 3 saturated carbocycles. The highest BCUT2D eigenvalue weighted by Gasteiger charge is 2.76. The fourth-order valence-electron chi connectivity index (χ4n) is 9.57. The van der Waals surface area contributed by atoms with Crippen LogP contribution in [0.15, 0.2) is 16.1 Å². The standard InChI is InChI=1S/C26H39N3O2S2/c1-16-24(14-30)7-5-17-19(12-24)23(2)9-11-32-33-15-25(8-10-28-22(27)29-25)6-3-4-18-20(31)13-26(16,23)21(17)18/h16-17,19,30H,3-15H2,1-2H3,(H3,27,28,29)/t16-,17+,19-,23+,24-,25+,26+/m1/s1. The van der Waals surface area contributed by atoms with E-state index >= 15 is 0 Å². The highest BCUT2D eigenvalue weighted by Crippen LogP contribution is 2.81. The number of guanidine groups is 1. The third-order valence-electron chi connectivity index (χ3n) is 11.3. The Kier molecular flexibility index (Phi) is 5.29. The number of aliphatic hydroxyl groups excluding tert-OH is 1. The molecule has 0 radical (unpaired) electrons. The zero-order chi connectivity index (χ0) is 23.1. The summed E-state index contributed by atoms with van der Waals surface area (Å²) in [6, 6.07) is 0. The van der Waals surface area contributed by atoms with Crippen molar-refractivity contribution in [2.45, 2.75) is 77.2 Å². The van der Waals surface area contributed by atoms with Crippen LogP contribution in [0.1, 0.15) is 71.6 Å². The molecule has 2 heterocycles. The Labute approximate surface area is 206 Å². The lowest BCUT2D eigenvalue weighted by atomic mass is 9.42. The summed E-state index contributed by atoms with van der Waals surface area (Å²) >= 11 is 0. The van der Waals surface area contributed by atoms with Gasteiger partial charge < -0.3 is 16.2 Å². The van der Waals surface area contributed by atoms with Crippen LogP contribution in [0.25, 0.3) is 0 Å². The lowest BCUT2D eigenvalue weighted by Gasteiger charge is -2.61. The zero-order valence-electron chi connectivity index (χ0n) is 20.1. The summed E-state index contributed by atoms with van der Waals surface area (Å²) in [6.45, 7) is 6.01. The largest absolute Gasteiger partial charge is 0.396 e. The van der Waals surface area contributed by atoms with E-state index in [1.165, 1.54) is 18.4 Å². The predicted octanol–water partition coefficient (Wildman–Crippen LogP) is 4.31. The number of carbonyl (C=O) groups excluding carboxylic acids is 1. The summed E-state index contributed by atoms with van der Waals surface area (Å²) in [5, 5.41) is 14.2. The molecule has 2 spiro atoms. The SMILES string of the molecule is C[C@@H]1[C@]2(CO)CC[C@@H]3C4=C5CCC[C@]6(CCN=C(N)N6)CSSCC[C@@](C)([C@@H]3C2)[C@]41CC5=O. The first-order chi connectivity index (χ1) is 15.8. The molecular formula is C26H39N3O2S2. The molecule has 0 aromatic heterocycles. The third kappa shape index (κ3) is 2.91. The average Bonchev–Trinajstić information content (AvgIpc) is 3.13. The van der Waals surface area contributed by atoms with E-state index in [1.54, 1.807) is 5.57 Å². The number of nitrogens with two attached hydrogens (primary N) is 1. The Morgan fingerprint density at radius 1 is 1.24 bits per heavy atom. The van der Waals surface area contributed by atoms with Crippen molar-refractivity contribution in [1.82, 2.24) is 5.32 Å². The molecule has 0 saturated heterocycles. The minimum Gasteiger partial charge on any atom is -0.396 e. The molecule has 0 unspecified atom stereocenters. The second-order valence-electron chi connectivity index (χ2n) is 12.2. The van der Waals surface area contributed by atoms with Crippen LogP contribution in [0, 0.1) is 34.0 Å². The number of aliphatic imine (C=N–C) groups is 1. The molecule has 6 rings (SSSR count). The molecule has 7 atom stereocenters. The van der Waals surface area contributed by atoms with Gasteiger partial charge in [0.2, 0.25) is 0 Å². The van der Waals surface area contributed by atoms with Gasteiger partial charge in [0.25, 0.3) is 0 Å². The van der Waals surface area contributed by atoms with Gasteiger partial charge in [-0.1, -0.05) is 41.0 Å². The molecule has 3 fully saturated rings. The van der Waals surface area contributed by atoms with Crippen molar-refractivity contribution in [1.29, 1.82) is 0 Å². The molecule has 0 aromatic carbocycles. The summed E-state index contributed by atoms with van der Waals surface area (Å²) < 4.78 is 0. The summed E-state index contributed by atoms with van der Waals surface area (Å²) in [5.74, 6) is 4.73. The lowest BCUT2D eigenvalue weighted by Crippen LogP contribution is -2.57. The third-order valence-corrected chi connectivity index (χ3v) is 13.9. The van der Waals surface area contributed by atoms with Crippen LogP contribution in [0.3, 0.4) is 0 Å². The number of rotatable bonds is 1. The van der Waals surface area contributed by atoms with Gasteiger partial charge in [-0.3, -0.25) is 9.79 Å². The van der Waals surface area contributed by atoms with Crippen molar-refractivity contribution < 1.29 is 9.90 Å². The maximum atomic E-state index is 13.7. The van der Waals surface area contributed by atoms with Crippen LogP contribution in [0.5, 0.6) is 0 Å². The van der Waals surface area contributed by atoms with Crippen molar-refractivity contribution in [2.75, 3.05) is 24.7 Å². The van der Waals surface area contributed by atoms with Gasteiger partial charge in [0.05, 0.1) is 5.54 Å². The Hall–Kier alpha value is -0.660. The maximum absolute atomic E-state index is 13.7.